The fourth-order valence-corrected chi connectivity index (χ4v) is 2.38. The van der Waals surface area contributed by atoms with E-state index >= 15 is 0 Å². The Bertz CT molecular complexity index is 331. The number of nitrogens with one attached hydrogen (secondary N) is 1. The van der Waals surface area contributed by atoms with Gasteiger partial charge in [-0.2, -0.15) is 0 Å². The molecule has 0 radical (unpaired) electrons. The first-order valence-electron chi connectivity index (χ1n) is 5.66. The maximum absolute atomic E-state index is 5.28. The Labute approximate surface area is 91.6 Å². The Morgan fingerprint density at radius 1 is 1.40 bits per heavy atom. The van der Waals surface area contributed by atoms with Crippen LogP contribution >= 0.6 is 0 Å². The number of hydrogen-bond acceptors (Lipinski definition) is 2. The second kappa shape index (κ2) is 4.23. The maximum Gasteiger partial charge on any atom is 0.119 e. The molecule has 1 heterocycles. The molecule has 1 aliphatic rings. The van der Waals surface area contributed by atoms with Gasteiger partial charge in [0.15, 0.2) is 0 Å². The predicted molar refractivity (Wildman–Crippen MR) is 62.4 cm³/mol. The van der Waals surface area contributed by atoms with Gasteiger partial charge in [0, 0.05) is 18.5 Å². The lowest BCUT2D eigenvalue weighted by Crippen LogP contribution is -2.56. The number of rotatable bonds is 4. The summed E-state index contributed by atoms with van der Waals surface area (Å²) in [6.45, 7) is 4.46. The van der Waals surface area contributed by atoms with E-state index in [0.29, 0.717) is 5.41 Å². The summed E-state index contributed by atoms with van der Waals surface area (Å²) >= 11 is 0. The van der Waals surface area contributed by atoms with Crippen LogP contribution in [-0.4, -0.2) is 20.2 Å². The third kappa shape index (κ3) is 1.86. The van der Waals surface area contributed by atoms with Crippen molar-refractivity contribution in [3.8, 4) is 5.75 Å². The standard InChI is InChI=1S/C13H19NO/c1-3-7-13(9-14-10-13)11-5-4-6-12(8-11)15-2/h4-6,8,14H,3,7,9-10H2,1-2H3. The van der Waals surface area contributed by atoms with E-state index in [2.05, 4.69) is 30.4 Å². The molecule has 1 fully saturated rings. The maximum atomic E-state index is 5.28. The molecule has 0 saturated carbocycles. The molecular formula is C13H19NO. The normalized spacial score (nSPS) is 18.3. The molecule has 1 saturated heterocycles. The van der Waals surface area contributed by atoms with Crippen LogP contribution in [0.15, 0.2) is 24.3 Å². The fourth-order valence-electron chi connectivity index (χ4n) is 2.38. The van der Waals surface area contributed by atoms with E-state index in [1.54, 1.807) is 7.11 Å². The molecule has 1 aromatic rings. The number of ether oxygens (including phenoxy) is 1. The van der Waals surface area contributed by atoms with Gasteiger partial charge in [-0.25, -0.2) is 0 Å². The lowest BCUT2D eigenvalue weighted by atomic mass is 9.72. The Balaban J connectivity index is 2.26. The molecule has 15 heavy (non-hydrogen) atoms. The van der Waals surface area contributed by atoms with Crippen LogP contribution in [0.2, 0.25) is 0 Å². The second-order valence-corrected chi connectivity index (χ2v) is 4.37. The summed E-state index contributed by atoms with van der Waals surface area (Å²) in [7, 11) is 1.73. The van der Waals surface area contributed by atoms with Crippen LogP contribution in [-0.2, 0) is 5.41 Å². The molecule has 0 atom stereocenters. The summed E-state index contributed by atoms with van der Waals surface area (Å²) in [5, 5.41) is 3.38. The monoisotopic (exact) mass is 205 g/mol. The van der Waals surface area contributed by atoms with Crippen LogP contribution in [0, 0.1) is 0 Å². The van der Waals surface area contributed by atoms with Crippen molar-refractivity contribution in [2.75, 3.05) is 20.2 Å². The van der Waals surface area contributed by atoms with Crippen molar-refractivity contribution in [1.82, 2.24) is 5.32 Å². The van der Waals surface area contributed by atoms with E-state index in [1.165, 1.54) is 18.4 Å². The summed E-state index contributed by atoms with van der Waals surface area (Å²) in [5.74, 6) is 0.967. The van der Waals surface area contributed by atoms with Gasteiger partial charge in [-0.05, 0) is 24.1 Å². The first-order valence-corrected chi connectivity index (χ1v) is 5.66. The molecule has 2 heteroatoms. The van der Waals surface area contributed by atoms with E-state index in [0.717, 1.165) is 18.8 Å². The van der Waals surface area contributed by atoms with Gasteiger partial charge in [0.1, 0.15) is 5.75 Å². The van der Waals surface area contributed by atoms with Gasteiger partial charge in [-0.1, -0.05) is 25.5 Å². The first-order chi connectivity index (χ1) is 7.30. The molecule has 0 spiro atoms. The van der Waals surface area contributed by atoms with E-state index in [-0.39, 0.29) is 0 Å². The molecule has 0 aliphatic carbocycles. The Morgan fingerprint density at radius 3 is 2.73 bits per heavy atom. The molecule has 0 unspecified atom stereocenters. The molecule has 1 N–H and O–H groups in total. The molecule has 2 nitrogen and oxygen atoms in total. The zero-order valence-electron chi connectivity index (χ0n) is 9.55. The molecule has 2 rings (SSSR count). The smallest absolute Gasteiger partial charge is 0.119 e. The minimum Gasteiger partial charge on any atom is -0.497 e. The lowest BCUT2D eigenvalue weighted by Gasteiger charge is -2.43. The molecule has 0 bridgehead atoms. The van der Waals surface area contributed by atoms with Crippen molar-refractivity contribution in [3.63, 3.8) is 0 Å². The van der Waals surface area contributed by atoms with E-state index in [9.17, 15) is 0 Å². The minimum absolute atomic E-state index is 0.364. The molecular weight excluding hydrogens is 186 g/mol. The number of benzene rings is 1. The SMILES string of the molecule is CCCC1(c2cccc(OC)c2)CNC1. The van der Waals surface area contributed by atoms with Gasteiger partial charge >= 0.3 is 0 Å². The molecule has 1 aromatic carbocycles. The van der Waals surface area contributed by atoms with Gasteiger partial charge in [0.05, 0.1) is 7.11 Å². The van der Waals surface area contributed by atoms with Crippen LogP contribution in [0.5, 0.6) is 5.75 Å². The van der Waals surface area contributed by atoms with E-state index in [1.807, 2.05) is 6.07 Å². The Kier molecular flexibility index (Phi) is 2.96. The van der Waals surface area contributed by atoms with Gasteiger partial charge in [-0.15, -0.1) is 0 Å². The van der Waals surface area contributed by atoms with E-state index < -0.39 is 0 Å². The molecule has 0 aromatic heterocycles. The Morgan fingerprint density at radius 2 is 2.20 bits per heavy atom. The highest BCUT2D eigenvalue weighted by molar-refractivity contribution is 5.36. The highest BCUT2D eigenvalue weighted by atomic mass is 16.5. The number of methoxy groups -OCH3 is 1. The van der Waals surface area contributed by atoms with Crippen LogP contribution in [0.25, 0.3) is 0 Å². The average Bonchev–Trinajstić information content (AvgIpc) is 2.23. The van der Waals surface area contributed by atoms with Crippen LogP contribution < -0.4 is 10.1 Å². The third-order valence-corrected chi connectivity index (χ3v) is 3.34. The van der Waals surface area contributed by atoms with Crippen molar-refractivity contribution in [3.05, 3.63) is 29.8 Å². The van der Waals surface area contributed by atoms with Crippen molar-refractivity contribution in [2.24, 2.45) is 0 Å². The van der Waals surface area contributed by atoms with Crippen LogP contribution in [0.4, 0.5) is 0 Å². The lowest BCUT2D eigenvalue weighted by molar-refractivity contribution is 0.254. The van der Waals surface area contributed by atoms with Crippen LogP contribution in [0.3, 0.4) is 0 Å². The first kappa shape index (κ1) is 10.5. The van der Waals surface area contributed by atoms with Crippen molar-refractivity contribution < 1.29 is 4.74 Å². The van der Waals surface area contributed by atoms with Gasteiger partial charge in [0.2, 0.25) is 0 Å². The molecule has 0 amide bonds. The summed E-state index contributed by atoms with van der Waals surface area (Å²) in [6, 6.07) is 8.49. The topological polar surface area (TPSA) is 21.3 Å². The van der Waals surface area contributed by atoms with E-state index in [4.69, 9.17) is 4.74 Å². The zero-order valence-corrected chi connectivity index (χ0v) is 9.55. The Hall–Kier alpha value is -1.02. The quantitative estimate of drug-likeness (QED) is 0.814. The summed E-state index contributed by atoms with van der Waals surface area (Å²) in [6.07, 6.45) is 2.49. The predicted octanol–water partition coefficient (Wildman–Crippen LogP) is 2.34. The van der Waals surface area contributed by atoms with Crippen molar-refractivity contribution in [2.45, 2.75) is 25.2 Å². The fraction of sp³-hybridized carbons (Fsp3) is 0.538. The molecule has 1 aliphatic heterocycles. The van der Waals surface area contributed by atoms with Gasteiger partial charge in [-0.3, -0.25) is 0 Å². The van der Waals surface area contributed by atoms with Crippen molar-refractivity contribution in [1.29, 1.82) is 0 Å². The second-order valence-electron chi connectivity index (χ2n) is 4.37. The average molecular weight is 205 g/mol. The summed E-state index contributed by atoms with van der Waals surface area (Å²) in [4.78, 5) is 0. The van der Waals surface area contributed by atoms with Crippen LogP contribution in [0.1, 0.15) is 25.3 Å². The summed E-state index contributed by atoms with van der Waals surface area (Å²) < 4.78 is 5.28. The minimum atomic E-state index is 0.364. The highest BCUT2D eigenvalue weighted by Crippen LogP contribution is 2.34. The van der Waals surface area contributed by atoms with Gasteiger partial charge in [0.25, 0.3) is 0 Å². The third-order valence-electron chi connectivity index (χ3n) is 3.34. The van der Waals surface area contributed by atoms with Gasteiger partial charge < -0.3 is 10.1 Å². The molecule has 82 valence electrons. The zero-order chi connectivity index (χ0) is 10.7. The highest BCUT2D eigenvalue weighted by Gasteiger charge is 2.37. The largest absolute Gasteiger partial charge is 0.497 e. The number of hydrogen-bond donors (Lipinski definition) is 1. The van der Waals surface area contributed by atoms with Crippen molar-refractivity contribution >= 4 is 0 Å². The summed E-state index contributed by atoms with van der Waals surface area (Å²) in [5.41, 5.74) is 1.78.